The van der Waals surface area contributed by atoms with Gasteiger partial charge in [0, 0.05) is 12.1 Å². The molecule has 2 aromatic carbocycles. The van der Waals surface area contributed by atoms with Crippen molar-refractivity contribution in [3.63, 3.8) is 0 Å². The number of carbonyl (C=O) groups is 1. The molecule has 6 heteroatoms. The van der Waals surface area contributed by atoms with Gasteiger partial charge in [-0.15, -0.1) is 0 Å². The molecule has 2 atom stereocenters. The predicted octanol–water partition coefficient (Wildman–Crippen LogP) is 2.91. The lowest BCUT2D eigenvalue weighted by Crippen LogP contribution is -2.45. The first-order valence-corrected chi connectivity index (χ1v) is 8.49. The molecule has 2 aromatic rings. The number of anilines is 1. The lowest BCUT2D eigenvalue weighted by molar-refractivity contribution is -0.123. The van der Waals surface area contributed by atoms with Crippen LogP contribution in [0.25, 0.3) is 0 Å². The van der Waals surface area contributed by atoms with Crippen LogP contribution in [0.3, 0.4) is 0 Å². The first-order chi connectivity index (χ1) is 12.3. The number of aliphatic hydroxyl groups is 1. The number of nitrogens with zero attached hydrogens (tertiary/aromatic N) is 1. The van der Waals surface area contributed by atoms with E-state index in [0.717, 1.165) is 0 Å². The van der Waals surface area contributed by atoms with E-state index in [1.54, 1.807) is 33.0 Å². The monoisotopic (exact) mass is 360 g/mol. The predicted molar refractivity (Wildman–Crippen MR) is 96.0 cm³/mol. The van der Waals surface area contributed by atoms with Crippen LogP contribution in [-0.2, 0) is 10.2 Å². The fourth-order valence-corrected chi connectivity index (χ4v) is 3.68. The van der Waals surface area contributed by atoms with Crippen LogP contribution in [-0.4, -0.2) is 30.7 Å². The second-order valence-electron chi connectivity index (χ2n) is 7.06. The Balaban J connectivity index is 2.19. The molecule has 26 heavy (non-hydrogen) atoms. The van der Waals surface area contributed by atoms with Crippen molar-refractivity contribution >= 4 is 11.6 Å². The number of benzene rings is 2. The van der Waals surface area contributed by atoms with Crippen molar-refractivity contribution in [2.75, 3.05) is 18.5 Å². The number of hydrogen-bond acceptors (Lipinski definition) is 3. The minimum Gasteiger partial charge on any atom is -0.389 e. The summed E-state index contributed by atoms with van der Waals surface area (Å²) < 4.78 is 28.3. The molecule has 0 spiro atoms. The summed E-state index contributed by atoms with van der Waals surface area (Å²) in [5.41, 5.74) is 0.0764. The number of carbonyl (C=O) groups excluding carboxylic acids is 1. The van der Waals surface area contributed by atoms with Gasteiger partial charge in [-0.1, -0.05) is 18.2 Å². The number of hydrogen-bond donors (Lipinski definition) is 2. The summed E-state index contributed by atoms with van der Waals surface area (Å²) in [5.74, 6) is -1.26. The number of aliphatic hydroxyl groups excluding tert-OH is 1. The Bertz CT molecular complexity index is 838. The normalized spacial score (nSPS) is 17.9. The van der Waals surface area contributed by atoms with Crippen LogP contribution in [0.4, 0.5) is 14.5 Å². The van der Waals surface area contributed by atoms with Crippen LogP contribution >= 0.6 is 0 Å². The average Bonchev–Trinajstić information content (AvgIpc) is 2.77. The highest BCUT2D eigenvalue weighted by Gasteiger charge is 2.49. The van der Waals surface area contributed by atoms with E-state index >= 15 is 0 Å². The zero-order valence-corrected chi connectivity index (χ0v) is 15.0. The zero-order chi connectivity index (χ0) is 19.1. The van der Waals surface area contributed by atoms with Crippen molar-refractivity contribution < 1.29 is 18.7 Å². The summed E-state index contributed by atoms with van der Waals surface area (Å²) in [6.07, 6.45) is -1.00. The molecule has 3 rings (SSSR count). The van der Waals surface area contributed by atoms with Crippen LogP contribution in [0.2, 0.25) is 0 Å². The summed E-state index contributed by atoms with van der Waals surface area (Å²) in [6, 6.07) is 9.44. The minimum absolute atomic E-state index is 0.191. The van der Waals surface area contributed by atoms with Crippen LogP contribution < -0.4 is 10.2 Å². The largest absolute Gasteiger partial charge is 0.389 e. The van der Waals surface area contributed by atoms with Gasteiger partial charge in [-0.3, -0.25) is 4.79 Å². The van der Waals surface area contributed by atoms with Crippen molar-refractivity contribution in [3.05, 3.63) is 65.2 Å². The summed E-state index contributed by atoms with van der Waals surface area (Å²) in [6.45, 7) is 3.50. The minimum atomic E-state index is -1.08. The number of amides is 1. The quantitative estimate of drug-likeness (QED) is 0.862. The van der Waals surface area contributed by atoms with Crippen molar-refractivity contribution in [2.24, 2.45) is 0 Å². The maximum atomic E-state index is 14.5. The maximum Gasteiger partial charge on any atom is 0.237 e. The molecule has 1 aliphatic heterocycles. The van der Waals surface area contributed by atoms with E-state index in [2.05, 4.69) is 5.32 Å². The highest BCUT2D eigenvalue weighted by Crippen LogP contribution is 2.47. The van der Waals surface area contributed by atoms with E-state index in [1.807, 2.05) is 0 Å². The summed E-state index contributed by atoms with van der Waals surface area (Å²) >= 11 is 0. The summed E-state index contributed by atoms with van der Waals surface area (Å²) in [5, 5.41) is 13.6. The van der Waals surface area contributed by atoms with E-state index in [4.69, 9.17) is 0 Å². The van der Waals surface area contributed by atoms with Gasteiger partial charge >= 0.3 is 0 Å². The van der Waals surface area contributed by atoms with E-state index < -0.39 is 29.2 Å². The highest BCUT2D eigenvalue weighted by molar-refractivity contribution is 6.08. The van der Waals surface area contributed by atoms with Gasteiger partial charge in [0.15, 0.2) is 0 Å². The summed E-state index contributed by atoms with van der Waals surface area (Å²) in [4.78, 5) is 14.6. The van der Waals surface area contributed by atoms with Gasteiger partial charge < -0.3 is 15.3 Å². The third kappa shape index (κ3) is 2.89. The third-order valence-corrected chi connectivity index (χ3v) is 4.88. The molecule has 0 aliphatic carbocycles. The van der Waals surface area contributed by atoms with Gasteiger partial charge in [-0.25, -0.2) is 8.78 Å². The number of likely N-dealkylation sites (N-methyl/N-ethyl adjacent to an activating group) is 1. The Labute approximate surface area is 151 Å². The number of halogens is 2. The number of fused-ring (bicyclic) bond motifs is 1. The Hall–Kier alpha value is -2.31. The number of rotatable bonds is 5. The Kier molecular flexibility index (Phi) is 4.82. The highest BCUT2D eigenvalue weighted by atomic mass is 19.1. The molecule has 0 unspecified atom stereocenters. The van der Waals surface area contributed by atoms with Crippen LogP contribution in [0.1, 0.15) is 31.0 Å². The molecule has 0 bridgehead atoms. The van der Waals surface area contributed by atoms with Crippen LogP contribution in [0.5, 0.6) is 0 Å². The van der Waals surface area contributed by atoms with Crippen molar-refractivity contribution in [3.8, 4) is 0 Å². The lowest BCUT2D eigenvalue weighted by Gasteiger charge is -2.33. The fraction of sp³-hybridized carbons (Fsp3) is 0.350. The molecular weight excluding hydrogens is 338 g/mol. The van der Waals surface area contributed by atoms with Gasteiger partial charge in [0.2, 0.25) is 5.91 Å². The van der Waals surface area contributed by atoms with Gasteiger partial charge in [-0.05, 0) is 50.7 Å². The molecule has 1 amide bonds. The van der Waals surface area contributed by atoms with Gasteiger partial charge in [0.05, 0.1) is 23.2 Å². The van der Waals surface area contributed by atoms with E-state index in [9.17, 15) is 18.7 Å². The van der Waals surface area contributed by atoms with E-state index in [-0.39, 0.29) is 12.5 Å². The third-order valence-electron chi connectivity index (χ3n) is 4.88. The van der Waals surface area contributed by atoms with Crippen molar-refractivity contribution in [1.82, 2.24) is 5.32 Å². The molecule has 4 nitrogen and oxygen atoms in total. The Morgan fingerprint density at radius 2 is 1.88 bits per heavy atom. The standard InChI is InChI=1S/C20H22F2N2O2/c1-20(2)17-14(22)8-5-9-15(17)24(19(20)26)18(16(25)11-23-3)12-6-4-7-13(21)10-12/h4-10,16,18,23,25H,11H2,1-3H3/t16-,18+/m1/s1. The first-order valence-electron chi connectivity index (χ1n) is 8.49. The summed E-state index contributed by atoms with van der Waals surface area (Å²) in [7, 11) is 1.68. The number of nitrogens with one attached hydrogen (secondary N) is 1. The van der Waals surface area contributed by atoms with Crippen LogP contribution in [0.15, 0.2) is 42.5 Å². The Morgan fingerprint density at radius 1 is 1.19 bits per heavy atom. The maximum absolute atomic E-state index is 14.5. The van der Waals surface area contributed by atoms with Gasteiger partial charge in [0.25, 0.3) is 0 Å². The molecule has 1 heterocycles. The van der Waals surface area contributed by atoms with Gasteiger partial charge in [0.1, 0.15) is 11.6 Å². The molecule has 0 saturated heterocycles. The van der Waals surface area contributed by atoms with E-state index in [0.29, 0.717) is 16.8 Å². The van der Waals surface area contributed by atoms with Gasteiger partial charge in [-0.2, -0.15) is 0 Å². The second kappa shape index (κ2) is 6.78. The topological polar surface area (TPSA) is 52.6 Å². The van der Waals surface area contributed by atoms with E-state index in [1.165, 1.54) is 35.2 Å². The smallest absolute Gasteiger partial charge is 0.237 e. The SMILES string of the molecule is CNC[C@@H](O)[C@H](c1cccc(F)c1)N1C(=O)C(C)(C)c2c(F)cccc21. The molecule has 0 radical (unpaired) electrons. The lowest BCUT2D eigenvalue weighted by atomic mass is 9.86. The molecule has 0 fully saturated rings. The molecule has 1 aliphatic rings. The fourth-order valence-electron chi connectivity index (χ4n) is 3.68. The molecule has 2 N–H and O–H groups in total. The average molecular weight is 360 g/mol. The first kappa shape index (κ1) is 18.5. The zero-order valence-electron chi connectivity index (χ0n) is 15.0. The van der Waals surface area contributed by atoms with Crippen molar-refractivity contribution in [2.45, 2.75) is 31.4 Å². The molecule has 138 valence electrons. The van der Waals surface area contributed by atoms with Crippen LogP contribution in [0, 0.1) is 11.6 Å². The van der Waals surface area contributed by atoms with Crippen molar-refractivity contribution in [1.29, 1.82) is 0 Å². The molecular formula is C20H22F2N2O2. The molecule has 0 saturated carbocycles. The second-order valence-corrected chi connectivity index (χ2v) is 7.06. The Morgan fingerprint density at radius 3 is 2.54 bits per heavy atom. The molecule has 0 aromatic heterocycles.